The first kappa shape index (κ1) is 20.4. The van der Waals surface area contributed by atoms with E-state index in [1.807, 2.05) is 24.3 Å². The summed E-state index contributed by atoms with van der Waals surface area (Å²) in [7, 11) is 1.56. The molecule has 1 fully saturated rings. The number of nitrogens with one attached hydrogen (secondary N) is 1. The molecule has 30 heavy (non-hydrogen) atoms. The van der Waals surface area contributed by atoms with Crippen LogP contribution in [0.1, 0.15) is 49.1 Å². The van der Waals surface area contributed by atoms with E-state index in [9.17, 15) is 14.7 Å². The van der Waals surface area contributed by atoms with E-state index in [1.54, 1.807) is 7.11 Å². The highest BCUT2D eigenvalue weighted by Crippen LogP contribution is 2.44. The molecule has 2 atom stereocenters. The molecule has 2 unspecified atom stereocenters. The van der Waals surface area contributed by atoms with Crippen LogP contribution in [0.5, 0.6) is 0 Å². The maximum Gasteiger partial charge on any atom is 0.407 e. The first-order valence-electron chi connectivity index (χ1n) is 10.4. The predicted octanol–water partition coefficient (Wildman–Crippen LogP) is 4.33. The van der Waals surface area contributed by atoms with Gasteiger partial charge in [-0.2, -0.15) is 0 Å². The molecule has 2 aliphatic rings. The third-order valence-electron chi connectivity index (χ3n) is 6.40. The fourth-order valence-electron chi connectivity index (χ4n) is 5.05. The summed E-state index contributed by atoms with van der Waals surface area (Å²) in [5, 5.41) is 12.3. The van der Waals surface area contributed by atoms with Crippen molar-refractivity contribution in [3.05, 3.63) is 59.7 Å². The van der Waals surface area contributed by atoms with E-state index in [-0.39, 0.29) is 25.0 Å². The summed E-state index contributed by atoms with van der Waals surface area (Å²) in [5.74, 6) is -0.999. The molecule has 0 radical (unpaired) electrons. The zero-order chi connectivity index (χ0) is 21.1. The van der Waals surface area contributed by atoms with Crippen molar-refractivity contribution in [2.45, 2.75) is 49.7 Å². The summed E-state index contributed by atoms with van der Waals surface area (Å²) >= 11 is 0. The molecule has 1 amide bonds. The molecule has 6 nitrogen and oxygen atoms in total. The molecule has 0 bridgehead atoms. The molecular formula is C24H27NO5. The van der Waals surface area contributed by atoms with Gasteiger partial charge in [0.1, 0.15) is 6.61 Å². The molecule has 1 saturated carbocycles. The van der Waals surface area contributed by atoms with E-state index >= 15 is 0 Å². The van der Waals surface area contributed by atoms with Crippen LogP contribution in [0.2, 0.25) is 0 Å². The van der Waals surface area contributed by atoms with Crippen molar-refractivity contribution >= 4 is 12.1 Å². The molecule has 0 heterocycles. The number of ether oxygens (including phenoxy) is 2. The van der Waals surface area contributed by atoms with E-state index in [0.29, 0.717) is 12.8 Å². The van der Waals surface area contributed by atoms with Gasteiger partial charge < -0.3 is 19.9 Å². The van der Waals surface area contributed by atoms with Crippen LogP contribution < -0.4 is 5.32 Å². The SMILES string of the molecule is COC1CCCCC1(CC(=O)O)NC(=O)OCC1c2ccccc2-c2ccccc21. The van der Waals surface area contributed by atoms with E-state index in [2.05, 4.69) is 29.6 Å². The minimum atomic E-state index is -0.960. The van der Waals surface area contributed by atoms with Crippen LogP contribution in [0.3, 0.4) is 0 Å². The second-order valence-electron chi connectivity index (χ2n) is 8.15. The molecule has 0 aliphatic heterocycles. The quantitative estimate of drug-likeness (QED) is 0.742. The summed E-state index contributed by atoms with van der Waals surface area (Å²) in [4.78, 5) is 24.3. The number of carboxylic acid groups (broad SMARTS) is 1. The van der Waals surface area contributed by atoms with Gasteiger partial charge in [-0.25, -0.2) is 4.79 Å². The number of rotatable bonds is 6. The summed E-state index contributed by atoms with van der Waals surface area (Å²) in [6, 6.07) is 16.3. The van der Waals surface area contributed by atoms with Crippen LogP contribution in [0.15, 0.2) is 48.5 Å². The summed E-state index contributed by atoms with van der Waals surface area (Å²) in [5.41, 5.74) is 3.66. The molecule has 2 aliphatic carbocycles. The van der Waals surface area contributed by atoms with E-state index in [1.165, 1.54) is 0 Å². The average molecular weight is 409 g/mol. The van der Waals surface area contributed by atoms with Gasteiger partial charge in [0.05, 0.1) is 18.1 Å². The van der Waals surface area contributed by atoms with Crippen LogP contribution in [0.25, 0.3) is 11.1 Å². The standard InChI is InChI=1S/C24H27NO5/c1-29-21-12-6-7-13-24(21,14-22(26)27)25-23(28)30-15-20-18-10-4-2-8-16(18)17-9-3-5-11-19(17)20/h2-5,8-11,20-21H,6-7,12-15H2,1H3,(H,25,28)(H,26,27). The van der Waals surface area contributed by atoms with Gasteiger partial charge in [0.2, 0.25) is 0 Å². The molecule has 0 saturated heterocycles. The number of amides is 1. The number of aliphatic carboxylic acids is 1. The number of carbonyl (C=O) groups is 2. The summed E-state index contributed by atoms with van der Waals surface area (Å²) in [6.07, 6.45) is 1.94. The Bertz CT molecular complexity index is 897. The smallest absolute Gasteiger partial charge is 0.407 e. The Morgan fingerprint density at radius 1 is 1.07 bits per heavy atom. The van der Waals surface area contributed by atoms with Gasteiger partial charge in [0.15, 0.2) is 0 Å². The van der Waals surface area contributed by atoms with Crippen molar-refractivity contribution in [3.8, 4) is 11.1 Å². The number of benzene rings is 2. The minimum Gasteiger partial charge on any atom is -0.481 e. The van der Waals surface area contributed by atoms with Crippen LogP contribution >= 0.6 is 0 Å². The molecule has 2 aromatic carbocycles. The van der Waals surface area contributed by atoms with Crippen LogP contribution in [0.4, 0.5) is 4.79 Å². The number of hydrogen-bond donors (Lipinski definition) is 2. The average Bonchev–Trinajstić information content (AvgIpc) is 3.06. The number of hydrogen-bond acceptors (Lipinski definition) is 4. The lowest BCUT2D eigenvalue weighted by Gasteiger charge is -2.42. The highest BCUT2D eigenvalue weighted by atomic mass is 16.5. The number of fused-ring (bicyclic) bond motifs is 3. The second-order valence-corrected chi connectivity index (χ2v) is 8.15. The predicted molar refractivity (Wildman–Crippen MR) is 112 cm³/mol. The minimum absolute atomic E-state index is 0.0387. The lowest BCUT2D eigenvalue weighted by Crippen LogP contribution is -2.60. The van der Waals surface area contributed by atoms with Gasteiger partial charge in [-0.3, -0.25) is 4.79 Å². The van der Waals surface area contributed by atoms with E-state index in [4.69, 9.17) is 9.47 Å². The van der Waals surface area contributed by atoms with Crippen molar-refractivity contribution in [2.24, 2.45) is 0 Å². The highest BCUT2D eigenvalue weighted by molar-refractivity contribution is 5.79. The number of carbonyl (C=O) groups excluding carboxylic acids is 1. The van der Waals surface area contributed by atoms with Crippen LogP contribution in [0, 0.1) is 0 Å². The largest absolute Gasteiger partial charge is 0.481 e. The fourth-order valence-corrected chi connectivity index (χ4v) is 5.05. The molecule has 158 valence electrons. The zero-order valence-corrected chi connectivity index (χ0v) is 17.1. The Hall–Kier alpha value is -2.86. The Kier molecular flexibility index (Phi) is 5.77. The van der Waals surface area contributed by atoms with Crippen LogP contribution in [-0.2, 0) is 14.3 Å². The van der Waals surface area contributed by atoms with E-state index in [0.717, 1.165) is 35.1 Å². The Labute approximate surface area is 176 Å². The van der Waals surface area contributed by atoms with Gasteiger partial charge in [-0.05, 0) is 35.1 Å². The zero-order valence-electron chi connectivity index (χ0n) is 17.1. The molecular weight excluding hydrogens is 382 g/mol. The molecule has 2 N–H and O–H groups in total. The Morgan fingerprint density at radius 3 is 2.30 bits per heavy atom. The molecule has 2 aromatic rings. The molecule has 6 heteroatoms. The summed E-state index contributed by atoms with van der Waals surface area (Å²) in [6.45, 7) is 0.195. The first-order chi connectivity index (χ1) is 14.5. The van der Waals surface area contributed by atoms with Crippen molar-refractivity contribution < 1.29 is 24.2 Å². The monoisotopic (exact) mass is 409 g/mol. The van der Waals surface area contributed by atoms with Gasteiger partial charge in [-0.1, -0.05) is 61.4 Å². The van der Waals surface area contributed by atoms with Crippen molar-refractivity contribution in [1.82, 2.24) is 5.32 Å². The lowest BCUT2D eigenvalue weighted by atomic mass is 9.76. The van der Waals surface area contributed by atoms with Gasteiger partial charge in [-0.15, -0.1) is 0 Å². The fraction of sp³-hybridized carbons (Fsp3) is 0.417. The third kappa shape index (κ3) is 3.79. The Balaban J connectivity index is 1.50. The van der Waals surface area contributed by atoms with Gasteiger partial charge in [0, 0.05) is 13.0 Å². The summed E-state index contributed by atoms with van der Waals surface area (Å²) < 4.78 is 11.2. The topological polar surface area (TPSA) is 84.9 Å². The normalized spacial score (nSPS) is 22.8. The molecule has 4 rings (SSSR count). The number of alkyl carbamates (subject to hydrolysis) is 1. The van der Waals surface area contributed by atoms with Crippen molar-refractivity contribution in [2.75, 3.05) is 13.7 Å². The maximum atomic E-state index is 12.8. The molecule has 0 aromatic heterocycles. The number of carboxylic acids is 1. The van der Waals surface area contributed by atoms with Crippen molar-refractivity contribution in [3.63, 3.8) is 0 Å². The Morgan fingerprint density at radius 2 is 1.70 bits per heavy atom. The van der Waals surface area contributed by atoms with Crippen LogP contribution in [-0.4, -0.2) is 42.5 Å². The maximum absolute atomic E-state index is 12.8. The number of methoxy groups -OCH3 is 1. The lowest BCUT2D eigenvalue weighted by molar-refractivity contribution is -0.141. The highest BCUT2D eigenvalue weighted by Gasteiger charge is 2.44. The first-order valence-corrected chi connectivity index (χ1v) is 10.4. The van der Waals surface area contributed by atoms with Crippen molar-refractivity contribution in [1.29, 1.82) is 0 Å². The molecule has 0 spiro atoms. The third-order valence-corrected chi connectivity index (χ3v) is 6.40. The van der Waals surface area contributed by atoms with Gasteiger partial charge in [0.25, 0.3) is 0 Å². The van der Waals surface area contributed by atoms with Gasteiger partial charge >= 0.3 is 12.1 Å². The second kappa shape index (κ2) is 8.48. The van der Waals surface area contributed by atoms with E-state index < -0.39 is 17.6 Å².